The molecule has 0 aliphatic carbocycles. The smallest absolute Gasteiger partial charge is 0.0405 e. The molecule has 1 aromatic rings. The molecular formula is C15H24N2. The molecule has 1 saturated heterocycles. The fourth-order valence-corrected chi connectivity index (χ4v) is 2.53. The topological polar surface area (TPSA) is 15.3 Å². The number of para-hydroxylation sites is 1. The zero-order chi connectivity index (χ0) is 12.5. The van der Waals surface area contributed by atoms with Crippen LogP contribution in [0, 0.1) is 0 Å². The average molecular weight is 232 g/mol. The number of hydrogen-bond donors (Lipinski definition) is 1. The quantitative estimate of drug-likeness (QED) is 0.801. The summed E-state index contributed by atoms with van der Waals surface area (Å²) in [6.07, 6.45) is 0. The summed E-state index contributed by atoms with van der Waals surface area (Å²) in [5.74, 6) is 0. The van der Waals surface area contributed by atoms with Crippen LogP contribution in [0.3, 0.4) is 0 Å². The monoisotopic (exact) mass is 232 g/mol. The lowest BCUT2D eigenvalue weighted by atomic mass is 9.85. The molecule has 1 unspecified atom stereocenters. The molecule has 1 aliphatic rings. The SMILES string of the molecule is CC1CN(c2ccccc2C(C)(C)C)CCN1. The summed E-state index contributed by atoms with van der Waals surface area (Å²) < 4.78 is 0. The van der Waals surface area contributed by atoms with Crippen molar-refractivity contribution in [3.8, 4) is 0 Å². The van der Waals surface area contributed by atoms with Crippen molar-refractivity contribution >= 4 is 5.69 Å². The molecule has 17 heavy (non-hydrogen) atoms. The van der Waals surface area contributed by atoms with Gasteiger partial charge >= 0.3 is 0 Å². The fraction of sp³-hybridized carbons (Fsp3) is 0.600. The van der Waals surface area contributed by atoms with E-state index in [-0.39, 0.29) is 5.41 Å². The molecular weight excluding hydrogens is 208 g/mol. The van der Waals surface area contributed by atoms with Gasteiger partial charge in [0.2, 0.25) is 0 Å². The second kappa shape index (κ2) is 4.69. The van der Waals surface area contributed by atoms with E-state index in [9.17, 15) is 0 Å². The highest BCUT2D eigenvalue weighted by atomic mass is 15.2. The van der Waals surface area contributed by atoms with Crippen LogP contribution in [0.15, 0.2) is 24.3 Å². The van der Waals surface area contributed by atoms with Crippen LogP contribution in [-0.2, 0) is 5.41 Å². The number of piperazine rings is 1. The molecule has 1 heterocycles. The van der Waals surface area contributed by atoms with Crippen LogP contribution in [0.4, 0.5) is 5.69 Å². The van der Waals surface area contributed by atoms with Gasteiger partial charge in [-0.1, -0.05) is 39.0 Å². The molecule has 0 bridgehead atoms. The Morgan fingerprint density at radius 2 is 1.94 bits per heavy atom. The van der Waals surface area contributed by atoms with Crippen LogP contribution in [0.1, 0.15) is 33.3 Å². The highest BCUT2D eigenvalue weighted by Gasteiger charge is 2.23. The first kappa shape index (κ1) is 12.4. The van der Waals surface area contributed by atoms with E-state index in [1.807, 2.05) is 0 Å². The minimum absolute atomic E-state index is 0.213. The Bertz CT molecular complexity index is 379. The van der Waals surface area contributed by atoms with E-state index in [0.717, 1.165) is 19.6 Å². The van der Waals surface area contributed by atoms with Gasteiger partial charge in [0, 0.05) is 31.4 Å². The second-order valence-electron chi connectivity index (χ2n) is 6.07. The van der Waals surface area contributed by atoms with Gasteiger partial charge < -0.3 is 10.2 Å². The van der Waals surface area contributed by atoms with Crippen molar-refractivity contribution in [3.05, 3.63) is 29.8 Å². The van der Waals surface area contributed by atoms with Gasteiger partial charge in [-0.05, 0) is 24.0 Å². The highest BCUT2D eigenvalue weighted by Crippen LogP contribution is 2.32. The van der Waals surface area contributed by atoms with Crippen LogP contribution < -0.4 is 10.2 Å². The van der Waals surface area contributed by atoms with Crippen molar-refractivity contribution in [1.82, 2.24) is 5.32 Å². The molecule has 1 aromatic carbocycles. The number of anilines is 1. The largest absolute Gasteiger partial charge is 0.368 e. The first-order valence-corrected chi connectivity index (χ1v) is 6.56. The van der Waals surface area contributed by atoms with Gasteiger partial charge in [-0.3, -0.25) is 0 Å². The Balaban J connectivity index is 2.31. The molecule has 2 heteroatoms. The number of hydrogen-bond acceptors (Lipinski definition) is 2. The Morgan fingerprint density at radius 3 is 2.59 bits per heavy atom. The van der Waals surface area contributed by atoms with E-state index in [4.69, 9.17) is 0 Å². The lowest BCUT2D eigenvalue weighted by molar-refractivity contribution is 0.480. The predicted octanol–water partition coefficient (Wildman–Crippen LogP) is 2.78. The third-order valence-electron chi connectivity index (χ3n) is 3.42. The molecule has 0 saturated carbocycles. The van der Waals surface area contributed by atoms with Crippen molar-refractivity contribution in [2.24, 2.45) is 0 Å². The molecule has 0 radical (unpaired) electrons. The zero-order valence-electron chi connectivity index (χ0n) is 11.5. The molecule has 1 fully saturated rings. The maximum atomic E-state index is 3.50. The number of rotatable bonds is 1. The Hall–Kier alpha value is -1.02. The molecule has 1 atom stereocenters. The van der Waals surface area contributed by atoms with Crippen molar-refractivity contribution < 1.29 is 0 Å². The molecule has 0 spiro atoms. The van der Waals surface area contributed by atoms with Gasteiger partial charge in [-0.25, -0.2) is 0 Å². The van der Waals surface area contributed by atoms with Gasteiger partial charge in [0.05, 0.1) is 0 Å². The van der Waals surface area contributed by atoms with Crippen molar-refractivity contribution in [3.63, 3.8) is 0 Å². The summed E-state index contributed by atoms with van der Waals surface area (Å²) >= 11 is 0. The van der Waals surface area contributed by atoms with Gasteiger partial charge in [-0.15, -0.1) is 0 Å². The van der Waals surface area contributed by atoms with Gasteiger partial charge in [0.1, 0.15) is 0 Å². The first-order valence-electron chi connectivity index (χ1n) is 6.56. The summed E-state index contributed by atoms with van der Waals surface area (Å²) in [6, 6.07) is 9.41. The third kappa shape index (κ3) is 2.81. The second-order valence-corrected chi connectivity index (χ2v) is 6.07. The minimum atomic E-state index is 0.213. The number of nitrogens with zero attached hydrogens (tertiary/aromatic N) is 1. The van der Waals surface area contributed by atoms with Crippen LogP contribution in [0.2, 0.25) is 0 Å². The highest BCUT2D eigenvalue weighted by molar-refractivity contribution is 5.56. The summed E-state index contributed by atoms with van der Waals surface area (Å²) in [4.78, 5) is 2.52. The van der Waals surface area contributed by atoms with Crippen LogP contribution in [0.5, 0.6) is 0 Å². The Morgan fingerprint density at radius 1 is 1.24 bits per heavy atom. The summed E-state index contributed by atoms with van der Waals surface area (Å²) in [7, 11) is 0. The van der Waals surface area contributed by atoms with Crippen LogP contribution in [-0.4, -0.2) is 25.7 Å². The lowest BCUT2D eigenvalue weighted by Crippen LogP contribution is -2.49. The van der Waals surface area contributed by atoms with E-state index in [1.165, 1.54) is 11.3 Å². The van der Waals surface area contributed by atoms with Gasteiger partial charge in [0.25, 0.3) is 0 Å². The Kier molecular flexibility index (Phi) is 3.43. The minimum Gasteiger partial charge on any atom is -0.368 e. The van der Waals surface area contributed by atoms with E-state index in [1.54, 1.807) is 0 Å². The average Bonchev–Trinajstić information content (AvgIpc) is 2.28. The number of benzene rings is 1. The van der Waals surface area contributed by atoms with E-state index in [2.05, 4.69) is 62.2 Å². The zero-order valence-corrected chi connectivity index (χ0v) is 11.5. The molecule has 1 N–H and O–H groups in total. The van der Waals surface area contributed by atoms with E-state index in [0.29, 0.717) is 6.04 Å². The van der Waals surface area contributed by atoms with E-state index < -0.39 is 0 Å². The van der Waals surface area contributed by atoms with Crippen molar-refractivity contribution in [2.75, 3.05) is 24.5 Å². The van der Waals surface area contributed by atoms with E-state index >= 15 is 0 Å². The maximum absolute atomic E-state index is 3.50. The fourth-order valence-electron chi connectivity index (χ4n) is 2.53. The molecule has 2 rings (SSSR count). The standard InChI is InChI=1S/C15H24N2/c1-12-11-17(10-9-16-12)14-8-6-5-7-13(14)15(2,3)4/h5-8,12,16H,9-11H2,1-4H3. The predicted molar refractivity (Wildman–Crippen MR) is 74.8 cm³/mol. The lowest BCUT2D eigenvalue weighted by Gasteiger charge is -2.37. The molecule has 0 amide bonds. The van der Waals surface area contributed by atoms with Crippen molar-refractivity contribution in [1.29, 1.82) is 0 Å². The Labute approximate surface area is 105 Å². The maximum Gasteiger partial charge on any atom is 0.0405 e. The van der Waals surface area contributed by atoms with Crippen molar-refractivity contribution in [2.45, 2.75) is 39.2 Å². The van der Waals surface area contributed by atoms with Crippen LogP contribution >= 0.6 is 0 Å². The molecule has 2 nitrogen and oxygen atoms in total. The third-order valence-corrected chi connectivity index (χ3v) is 3.42. The number of nitrogens with one attached hydrogen (secondary N) is 1. The van der Waals surface area contributed by atoms with Crippen LogP contribution in [0.25, 0.3) is 0 Å². The summed E-state index contributed by atoms with van der Waals surface area (Å²) in [6.45, 7) is 12.4. The van der Waals surface area contributed by atoms with Gasteiger partial charge in [-0.2, -0.15) is 0 Å². The normalized spacial score (nSPS) is 21.6. The molecule has 94 valence electrons. The molecule has 1 aliphatic heterocycles. The first-order chi connectivity index (χ1) is 7.98. The summed E-state index contributed by atoms with van der Waals surface area (Å²) in [5, 5.41) is 3.50. The van der Waals surface area contributed by atoms with Gasteiger partial charge in [0.15, 0.2) is 0 Å². The summed E-state index contributed by atoms with van der Waals surface area (Å²) in [5.41, 5.74) is 3.08. The molecule has 0 aromatic heterocycles.